The number of hydrazone groups is 1. The van der Waals surface area contributed by atoms with Gasteiger partial charge in [-0.05, 0) is 34.2 Å². The number of hydrogen-bond donors (Lipinski definition) is 1. The summed E-state index contributed by atoms with van der Waals surface area (Å²) in [6.45, 7) is 0. The summed E-state index contributed by atoms with van der Waals surface area (Å²) in [7, 11) is 0. The van der Waals surface area contributed by atoms with E-state index in [2.05, 4.69) is 21.0 Å². The Morgan fingerprint density at radius 2 is 1.84 bits per heavy atom. The summed E-state index contributed by atoms with van der Waals surface area (Å²) < 4.78 is 0.126. The Bertz CT molecular complexity index is 851. The van der Waals surface area contributed by atoms with Crippen molar-refractivity contribution in [2.75, 3.05) is 0 Å². The Hall–Kier alpha value is -2.55. The molecule has 1 aromatic carbocycles. The van der Waals surface area contributed by atoms with Gasteiger partial charge in [0.05, 0.1) is 27.4 Å². The Labute approximate surface area is 150 Å². The quantitative estimate of drug-likeness (QED) is 0.272. The van der Waals surface area contributed by atoms with E-state index in [1.54, 1.807) is 0 Å². The first-order valence-corrected chi connectivity index (χ1v) is 8.45. The van der Waals surface area contributed by atoms with Gasteiger partial charge in [-0.25, -0.2) is 0 Å². The van der Waals surface area contributed by atoms with Crippen LogP contribution in [0.1, 0.15) is 12.0 Å². The second kappa shape index (κ2) is 5.48. The Balaban J connectivity index is 1.64. The number of aromatic hydroxyl groups is 1. The highest BCUT2D eigenvalue weighted by atomic mass is 79.9. The number of nitro groups is 1. The van der Waals surface area contributed by atoms with Gasteiger partial charge in [0.15, 0.2) is 0 Å². The van der Waals surface area contributed by atoms with Crippen LogP contribution < -0.4 is 0 Å². The van der Waals surface area contributed by atoms with Gasteiger partial charge in [-0.3, -0.25) is 19.7 Å². The minimum atomic E-state index is -0.610. The maximum atomic E-state index is 12.5. The standard InChI is InChI=1S/C16H12BrN3O5/c17-11-5-10(20(24)25)4-9(14(11)21)6-18-19-15(22)12-7-1-2-8(3-7)13(12)16(19)23/h1-2,4-8,12-13,21H,3H2/b18-6-/t7-,8-,12-,13+/m0/s1. The number of imide groups is 1. The predicted molar refractivity (Wildman–Crippen MR) is 89.6 cm³/mol. The molecule has 0 spiro atoms. The summed E-state index contributed by atoms with van der Waals surface area (Å²) in [6.07, 6.45) is 5.88. The van der Waals surface area contributed by atoms with Gasteiger partial charge in [0.25, 0.3) is 17.5 Å². The first kappa shape index (κ1) is 15.9. The van der Waals surface area contributed by atoms with Crippen molar-refractivity contribution in [1.29, 1.82) is 0 Å². The average Bonchev–Trinajstić information content (AvgIpc) is 3.24. The summed E-state index contributed by atoms with van der Waals surface area (Å²) >= 11 is 3.03. The van der Waals surface area contributed by atoms with Crippen LogP contribution in [0.2, 0.25) is 0 Å². The van der Waals surface area contributed by atoms with Crippen LogP contribution in [0.4, 0.5) is 5.69 Å². The molecule has 1 saturated heterocycles. The van der Waals surface area contributed by atoms with Crippen LogP contribution in [-0.4, -0.2) is 33.1 Å². The van der Waals surface area contributed by atoms with Crippen molar-refractivity contribution >= 4 is 39.6 Å². The number of phenols is 1. The number of hydrogen-bond acceptors (Lipinski definition) is 6. The molecule has 4 rings (SSSR count). The number of nitro benzene ring substituents is 1. The minimum absolute atomic E-state index is 0.0415. The molecule has 3 aliphatic rings. The van der Waals surface area contributed by atoms with Gasteiger partial charge in [0, 0.05) is 17.7 Å². The molecule has 0 unspecified atom stereocenters. The van der Waals surface area contributed by atoms with E-state index in [1.807, 2.05) is 12.2 Å². The zero-order valence-corrected chi connectivity index (χ0v) is 14.3. The smallest absolute Gasteiger partial charge is 0.271 e. The van der Waals surface area contributed by atoms with Crippen molar-refractivity contribution in [2.45, 2.75) is 6.42 Å². The molecule has 1 aromatic rings. The van der Waals surface area contributed by atoms with E-state index in [1.165, 1.54) is 0 Å². The lowest BCUT2D eigenvalue weighted by Gasteiger charge is -2.13. The molecule has 25 heavy (non-hydrogen) atoms. The Kier molecular flexibility index (Phi) is 3.50. The SMILES string of the molecule is O=C1[C@@H]2[C@H](C(=O)N1/N=C\c1cc([N+](=O)[O-])cc(Br)c1O)[C@H]1C=C[C@H]2C1. The predicted octanol–water partition coefficient (Wildman–Crippen LogP) is 2.20. The highest BCUT2D eigenvalue weighted by molar-refractivity contribution is 9.10. The third-order valence-corrected chi connectivity index (χ3v) is 5.65. The average molecular weight is 406 g/mol. The molecule has 2 bridgehead atoms. The molecular formula is C16H12BrN3O5. The van der Waals surface area contributed by atoms with Crippen molar-refractivity contribution in [3.05, 3.63) is 44.4 Å². The van der Waals surface area contributed by atoms with Crippen molar-refractivity contribution < 1.29 is 19.6 Å². The molecule has 1 heterocycles. The number of amides is 2. The topological polar surface area (TPSA) is 113 Å². The fraction of sp³-hybridized carbons (Fsp3) is 0.312. The number of non-ortho nitro benzene ring substituents is 1. The van der Waals surface area contributed by atoms with E-state index < -0.39 is 4.92 Å². The third-order valence-electron chi connectivity index (χ3n) is 5.05. The van der Waals surface area contributed by atoms with Crippen molar-refractivity contribution in [3.8, 4) is 5.75 Å². The number of rotatable bonds is 3. The lowest BCUT2D eigenvalue weighted by atomic mass is 9.85. The van der Waals surface area contributed by atoms with Crippen molar-refractivity contribution in [1.82, 2.24) is 5.01 Å². The molecule has 9 heteroatoms. The zero-order valence-electron chi connectivity index (χ0n) is 12.7. The van der Waals surface area contributed by atoms with Crippen LogP contribution in [0.5, 0.6) is 5.75 Å². The molecule has 2 fully saturated rings. The van der Waals surface area contributed by atoms with E-state index in [-0.39, 0.29) is 57.0 Å². The summed E-state index contributed by atoms with van der Waals surface area (Å²) in [5.41, 5.74) is -0.204. The number of allylic oxidation sites excluding steroid dienone is 2. The first-order chi connectivity index (χ1) is 11.9. The molecule has 0 radical (unpaired) electrons. The fourth-order valence-electron chi connectivity index (χ4n) is 3.93. The minimum Gasteiger partial charge on any atom is -0.506 e. The van der Waals surface area contributed by atoms with Gasteiger partial charge in [-0.2, -0.15) is 10.1 Å². The van der Waals surface area contributed by atoms with Gasteiger partial charge in [0.1, 0.15) is 5.75 Å². The number of fused-ring (bicyclic) bond motifs is 5. The maximum Gasteiger partial charge on any atom is 0.271 e. The van der Waals surface area contributed by atoms with E-state index in [9.17, 15) is 24.8 Å². The molecule has 0 aromatic heterocycles. The molecule has 8 nitrogen and oxygen atoms in total. The number of nitrogens with zero attached hydrogens (tertiary/aromatic N) is 3. The van der Waals surface area contributed by atoms with Gasteiger partial charge in [-0.15, -0.1) is 0 Å². The molecule has 1 aliphatic heterocycles. The van der Waals surface area contributed by atoms with E-state index >= 15 is 0 Å². The highest BCUT2D eigenvalue weighted by Gasteiger charge is 2.59. The molecule has 1 saturated carbocycles. The molecule has 128 valence electrons. The van der Waals surface area contributed by atoms with Crippen LogP contribution in [-0.2, 0) is 9.59 Å². The summed E-state index contributed by atoms with van der Waals surface area (Å²) in [5, 5.41) is 25.7. The van der Waals surface area contributed by atoms with Crippen LogP contribution in [0.15, 0.2) is 33.9 Å². The molecule has 1 N–H and O–H groups in total. The molecule has 2 amide bonds. The normalized spacial score (nSPS) is 29.9. The second-order valence-corrected chi connectivity index (χ2v) is 7.21. The highest BCUT2D eigenvalue weighted by Crippen LogP contribution is 2.52. The van der Waals surface area contributed by atoms with Crippen LogP contribution in [0, 0.1) is 33.8 Å². The van der Waals surface area contributed by atoms with E-state index in [4.69, 9.17) is 0 Å². The maximum absolute atomic E-state index is 12.5. The molecule has 4 atom stereocenters. The largest absolute Gasteiger partial charge is 0.506 e. The molecule has 2 aliphatic carbocycles. The first-order valence-electron chi connectivity index (χ1n) is 7.65. The third kappa shape index (κ3) is 2.30. The zero-order chi connectivity index (χ0) is 17.9. The number of phenolic OH excluding ortho intramolecular Hbond substituents is 1. The van der Waals surface area contributed by atoms with Gasteiger partial charge >= 0.3 is 0 Å². The summed E-state index contributed by atoms with van der Waals surface area (Å²) in [6, 6.07) is 2.29. The van der Waals surface area contributed by atoms with Gasteiger partial charge in [0.2, 0.25) is 0 Å². The number of benzene rings is 1. The van der Waals surface area contributed by atoms with Crippen LogP contribution in [0.25, 0.3) is 0 Å². The number of carbonyl (C=O) groups excluding carboxylic acids is 2. The van der Waals surface area contributed by atoms with Gasteiger partial charge in [-0.1, -0.05) is 12.2 Å². The van der Waals surface area contributed by atoms with Crippen molar-refractivity contribution in [2.24, 2.45) is 28.8 Å². The molecular weight excluding hydrogens is 394 g/mol. The van der Waals surface area contributed by atoms with Gasteiger partial charge < -0.3 is 5.11 Å². The lowest BCUT2D eigenvalue weighted by Crippen LogP contribution is -2.28. The number of halogens is 1. The number of carbonyl (C=O) groups is 2. The Morgan fingerprint density at radius 1 is 1.24 bits per heavy atom. The van der Waals surface area contributed by atoms with Crippen LogP contribution in [0.3, 0.4) is 0 Å². The lowest BCUT2D eigenvalue weighted by molar-refractivity contribution is -0.385. The fourth-order valence-corrected chi connectivity index (χ4v) is 4.39. The monoisotopic (exact) mass is 405 g/mol. The summed E-state index contributed by atoms with van der Waals surface area (Å²) in [5.74, 6) is -1.55. The second-order valence-electron chi connectivity index (χ2n) is 6.36. The van der Waals surface area contributed by atoms with E-state index in [0.29, 0.717) is 0 Å². The van der Waals surface area contributed by atoms with Crippen LogP contribution >= 0.6 is 15.9 Å². The Morgan fingerprint density at radius 3 is 2.40 bits per heavy atom. The summed E-state index contributed by atoms with van der Waals surface area (Å²) in [4.78, 5) is 35.3. The van der Waals surface area contributed by atoms with Crippen molar-refractivity contribution in [3.63, 3.8) is 0 Å². The van der Waals surface area contributed by atoms with E-state index in [0.717, 1.165) is 29.8 Å².